The molecular weight excluding hydrogens is 353 g/mol. The molecule has 0 atom stereocenters. The van der Waals surface area contributed by atoms with Crippen molar-refractivity contribution in [3.8, 4) is 17.2 Å². The second kappa shape index (κ2) is 10.2. The van der Waals surface area contributed by atoms with Crippen LogP contribution in [0.15, 0.2) is 42.5 Å². The highest BCUT2D eigenvalue weighted by atomic mass is 19.1. The SMILES string of the molecule is COc1cc(C(C)=O)ccc1OCC(=O)NCCCOc1ccccc1F. The molecule has 7 heteroatoms. The average molecular weight is 375 g/mol. The molecule has 0 aliphatic heterocycles. The molecule has 0 aliphatic carbocycles. The van der Waals surface area contributed by atoms with Gasteiger partial charge in [-0.25, -0.2) is 4.39 Å². The van der Waals surface area contributed by atoms with Crippen molar-refractivity contribution in [1.82, 2.24) is 5.32 Å². The van der Waals surface area contributed by atoms with Crippen LogP contribution in [0.2, 0.25) is 0 Å². The lowest BCUT2D eigenvalue weighted by Crippen LogP contribution is -2.30. The third-order valence-corrected chi connectivity index (χ3v) is 3.67. The minimum Gasteiger partial charge on any atom is -0.493 e. The zero-order chi connectivity index (χ0) is 19.6. The van der Waals surface area contributed by atoms with E-state index in [2.05, 4.69) is 5.32 Å². The second-order valence-electron chi connectivity index (χ2n) is 5.69. The molecule has 0 saturated heterocycles. The molecule has 0 radical (unpaired) electrons. The molecule has 0 aromatic heterocycles. The zero-order valence-electron chi connectivity index (χ0n) is 15.3. The van der Waals surface area contributed by atoms with E-state index in [1.54, 1.807) is 36.4 Å². The van der Waals surface area contributed by atoms with Crippen LogP contribution in [0.3, 0.4) is 0 Å². The van der Waals surface area contributed by atoms with Crippen LogP contribution in [-0.2, 0) is 4.79 Å². The molecule has 0 fully saturated rings. The summed E-state index contributed by atoms with van der Waals surface area (Å²) >= 11 is 0. The predicted octanol–water partition coefficient (Wildman–Crippen LogP) is 3.00. The summed E-state index contributed by atoms with van der Waals surface area (Å²) in [6.45, 7) is 1.92. The van der Waals surface area contributed by atoms with Crippen molar-refractivity contribution < 1.29 is 28.2 Å². The predicted molar refractivity (Wildman–Crippen MR) is 98.0 cm³/mol. The summed E-state index contributed by atoms with van der Waals surface area (Å²) in [5.74, 6) is 0.135. The van der Waals surface area contributed by atoms with Gasteiger partial charge in [-0.2, -0.15) is 0 Å². The van der Waals surface area contributed by atoms with E-state index >= 15 is 0 Å². The number of methoxy groups -OCH3 is 1. The quantitative estimate of drug-likeness (QED) is 0.510. The van der Waals surface area contributed by atoms with Crippen LogP contribution >= 0.6 is 0 Å². The highest BCUT2D eigenvalue weighted by Gasteiger charge is 2.10. The Labute approximate surface area is 157 Å². The summed E-state index contributed by atoms with van der Waals surface area (Å²) in [5, 5.41) is 2.69. The van der Waals surface area contributed by atoms with Gasteiger partial charge < -0.3 is 19.5 Å². The maximum absolute atomic E-state index is 13.4. The number of ether oxygens (including phenoxy) is 3. The molecule has 2 aromatic rings. The maximum atomic E-state index is 13.4. The Hall–Kier alpha value is -3.09. The molecule has 6 nitrogen and oxygen atoms in total. The van der Waals surface area contributed by atoms with Crippen LogP contribution < -0.4 is 19.5 Å². The molecular formula is C20H22FNO5. The van der Waals surface area contributed by atoms with E-state index in [0.29, 0.717) is 30.0 Å². The minimum absolute atomic E-state index is 0.0878. The van der Waals surface area contributed by atoms with E-state index in [1.165, 1.54) is 20.1 Å². The molecule has 0 unspecified atom stereocenters. The van der Waals surface area contributed by atoms with Gasteiger partial charge in [0.15, 0.2) is 35.5 Å². The topological polar surface area (TPSA) is 73.9 Å². The molecule has 2 aromatic carbocycles. The van der Waals surface area contributed by atoms with Crippen molar-refractivity contribution in [3.05, 3.63) is 53.8 Å². The molecule has 0 bridgehead atoms. The molecule has 2 rings (SSSR count). The van der Waals surface area contributed by atoms with Crippen LogP contribution in [0.4, 0.5) is 4.39 Å². The monoisotopic (exact) mass is 375 g/mol. The summed E-state index contributed by atoms with van der Waals surface area (Å²) in [6, 6.07) is 10.9. The third-order valence-electron chi connectivity index (χ3n) is 3.67. The van der Waals surface area contributed by atoms with Crippen molar-refractivity contribution in [2.24, 2.45) is 0 Å². The first-order valence-electron chi connectivity index (χ1n) is 8.47. The molecule has 1 amide bonds. The smallest absolute Gasteiger partial charge is 0.257 e. The molecule has 1 N–H and O–H groups in total. The van der Waals surface area contributed by atoms with Gasteiger partial charge in [0.05, 0.1) is 13.7 Å². The van der Waals surface area contributed by atoms with Gasteiger partial charge in [0.25, 0.3) is 5.91 Å². The summed E-state index contributed by atoms with van der Waals surface area (Å²) in [5.41, 5.74) is 0.499. The number of nitrogens with one attached hydrogen (secondary N) is 1. The average Bonchev–Trinajstić information content (AvgIpc) is 2.67. The standard InChI is InChI=1S/C20H22FNO5/c1-14(23)15-8-9-18(19(12-15)25-2)27-13-20(24)22-10-5-11-26-17-7-4-3-6-16(17)21/h3-4,6-9,12H,5,10-11,13H2,1-2H3,(H,22,24). The third kappa shape index (κ3) is 6.29. The van der Waals surface area contributed by atoms with E-state index in [-0.39, 0.29) is 30.7 Å². The lowest BCUT2D eigenvalue weighted by molar-refractivity contribution is -0.123. The Morgan fingerprint density at radius 3 is 2.52 bits per heavy atom. The van der Waals surface area contributed by atoms with Gasteiger partial charge in [0.2, 0.25) is 0 Å². The molecule has 0 heterocycles. The highest BCUT2D eigenvalue weighted by Crippen LogP contribution is 2.28. The first-order valence-corrected chi connectivity index (χ1v) is 8.47. The summed E-state index contributed by atoms with van der Waals surface area (Å²) in [7, 11) is 1.46. The van der Waals surface area contributed by atoms with Gasteiger partial charge in [-0.1, -0.05) is 12.1 Å². The summed E-state index contributed by atoms with van der Waals surface area (Å²) < 4.78 is 29.3. The summed E-state index contributed by atoms with van der Waals surface area (Å²) in [6.07, 6.45) is 0.525. The van der Waals surface area contributed by atoms with Crippen LogP contribution in [0.25, 0.3) is 0 Å². The number of rotatable bonds is 10. The molecule has 0 aliphatic rings. The lowest BCUT2D eigenvalue weighted by atomic mass is 10.1. The Bertz CT molecular complexity index is 794. The fraction of sp³-hybridized carbons (Fsp3) is 0.300. The highest BCUT2D eigenvalue weighted by molar-refractivity contribution is 5.94. The van der Waals surface area contributed by atoms with Gasteiger partial charge >= 0.3 is 0 Å². The maximum Gasteiger partial charge on any atom is 0.257 e. The molecule has 0 spiro atoms. The van der Waals surface area contributed by atoms with Crippen molar-refractivity contribution in [2.75, 3.05) is 26.9 Å². The number of Topliss-reactive ketones (excluding diaryl/α,β-unsaturated/α-hetero) is 1. The van der Waals surface area contributed by atoms with Gasteiger partial charge in [-0.05, 0) is 43.7 Å². The van der Waals surface area contributed by atoms with Crippen molar-refractivity contribution in [1.29, 1.82) is 0 Å². The molecule has 144 valence electrons. The number of benzene rings is 2. The van der Waals surface area contributed by atoms with E-state index in [4.69, 9.17) is 14.2 Å². The van der Waals surface area contributed by atoms with E-state index < -0.39 is 5.82 Å². The second-order valence-corrected chi connectivity index (χ2v) is 5.69. The van der Waals surface area contributed by atoms with Gasteiger partial charge in [0.1, 0.15) is 0 Å². The fourth-order valence-electron chi connectivity index (χ4n) is 2.24. The van der Waals surface area contributed by atoms with E-state index in [9.17, 15) is 14.0 Å². The minimum atomic E-state index is -0.417. The Kier molecular flexibility index (Phi) is 7.61. The molecule has 0 saturated carbocycles. The number of amides is 1. The summed E-state index contributed by atoms with van der Waals surface area (Å²) in [4.78, 5) is 23.2. The first kappa shape index (κ1) is 20.2. The van der Waals surface area contributed by atoms with Crippen LogP contribution in [0.5, 0.6) is 17.2 Å². The first-order chi connectivity index (χ1) is 13.0. The largest absolute Gasteiger partial charge is 0.493 e. The Balaban J connectivity index is 1.70. The number of hydrogen-bond acceptors (Lipinski definition) is 5. The van der Waals surface area contributed by atoms with Crippen molar-refractivity contribution in [3.63, 3.8) is 0 Å². The van der Waals surface area contributed by atoms with Crippen molar-refractivity contribution >= 4 is 11.7 Å². The Morgan fingerprint density at radius 1 is 1.04 bits per heavy atom. The number of carbonyl (C=O) groups is 2. The van der Waals surface area contributed by atoms with Gasteiger partial charge in [-0.3, -0.25) is 9.59 Å². The normalized spacial score (nSPS) is 10.2. The van der Waals surface area contributed by atoms with Gasteiger partial charge in [-0.15, -0.1) is 0 Å². The van der Waals surface area contributed by atoms with Crippen LogP contribution in [0, 0.1) is 5.82 Å². The van der Waals surface area contributed by atoms with Gasteiger partial charge in [0, 0.05) is 12.1 Å². The van der Waals surface area contributed by atoms with E-state index in [0.717, 1.165) is 0 Å². The number of para-hydroxylation sites is 1. The fourth-order valence-corrected chi connectivity index (χ4v) is 2.24. The number of carbonyl (C=O) groups excluding carboxylic acids is 2. The zero-order valence-corrected chi connectivity index (χ0v) is 15.3. The van der Waals surface area contributed by atoms with Crippen LogP contribution in [0.1, 0.15) is 23.7 Å². The number of ketones is 1. The number of halogens is 1. The molecule has 27 heavy (non-hydrogen) atoms. The lowest BCUT2D eigenvalue weighted by Gasteiger charge is -2.12. The Morgan fingerprint density at radius 2 is 1.81 bits per heavy atom. The number of hydrogen-bond donors (Lipinski definition) is 1. The van der Waals surface area contributed by atoms with E-state index in [1.807, 2.05) is 0 Å². The van der Waals surface area contributed by atoms with Crippen molar-refractivity contribution in [2.45, 2.75) is 13.3 Å². The van der Waals surface area contributed by atoms with Crippen LogP contribution in [-0.4, -0.2) is 38.6 Å².